The molecule has 4 aliphatic rings. The first-order valence-electron chi connectivity index (χ1n) is 11.1. The van der Waals surface area contributed by atoms with Crippen LogP contribution in [0.5, 0.6) is 0 Å². The molecule has 1 N–H and O–H groups in total. The van der Waals surface area contributed by atoms with E-state index < -0.39 is 17.4 Å². The monoisotopic (exact) mass is 418 g/mol. The number of nitrogens with zero attached hydrogens (tertiary/aromatic N) is 3. The molecule has 7 heteroatoms. The highest BCUT2D eigenvalue weighted by atomic mass is 16.5. The van der Waals surface area contributed by atoms with Crippen molar-refractivity contribution in [1.82, 2.24) is 20.0 Å². The van der Waals surface area contributed by atoms with Crippen molar-refractivity contribution < 1.29 is 14.3 Å². The van der Waals surface area contributed by atoms with Crippen LogP contribution in [-0.4, -0.2) is 63.2 Å². The lowest BCUT2D eigenvalue weighted by molar-refractivity contribution is -0.143. The van der Waals surface area contributed by atoms with Crippen molar-refractivity contribution in [2.24, 2.45) is 11.8 Å². The van der Waals surface area contributed by atoms with Crippen LogP contribution < -0.4 is 0 Å². The number of carbonyl (C=O) groups is 2. The van der Waals surface area contributed by atoms with Gasteiger partial charge in [-0.25, -0.2) is 0 Å². The lowest BCUT2D eigenvalue weighted by atomic mass is 9.76. The van der Waals surface area contributed by atoms with Gasteiger partial charge in [-0.3, -0.25) is 14.7 Å². The van der Waals surface area contributed by atoms with E-state index in [1.54, 1.807) is 6.20 Å². The van der Waals surface area contributed by atoms with Crippen LogP contribution in [0.3, 0.4) is 0 Å². The van der Waals surface area contributed by atoms with E-state index in [4.69, 9.17) is 4.74 Å². The predicted octanol–water partition coefficient (Wildman–Crippen LogP) is 1.63. The number of hydrogen-bond donors (Lipinski definition) is 1. The maximum Gasteiger partial charge on any atom is 0.230 e. The number of rotatable bonds is 4. The Morgan fingerprint density at radius 1 is 1.32 bits per heavy atom. The molecule has 0 aliphatic carbocycles. The molecule has 2 amide bonds. The van der Waals surface area contributed by atoms with Crippen LogP contribution in [0.4, 0.5) is 0 Å². The van der Waals surface area contributed by atoms with Crippen molar-refractivity contribution >= 4 is 11.8 Å². The first-order valence-corrected chi connectivity index (χ1v) is 11.1. The largest absolute Gasteiger partial charge is 0.360 e. The molecule has 5 heterocycles. The summed E-state index contributed by atoms with van der Waals surface area (Å²) in [6.07, 6.45) is 7.08. The van der Waals surface area contributed by atoms with E-state index in [-0.39, 0.29) is 17.9 Å². The number of benzene rings is 1. The summed E-state index contributed by atoms with van der Waals surface area (Å²) in [4.78, 5) is 30.7. The number of nitrogens with one attached hydrogen (secondary N) is 1. The van der Waals surface area contributed by atoms with Crippen LogP contribution >= 0.6 is 0 Å². The molecule has 0 saturated carbocycles. The Hall–Kier alpha value is -2.93. The van der Waals surface area contributed by atoms with Crippen LogP contribution in [0.25, 0.3) is 0 Å². The molecule has 1 aromatic carbocycles. The molecule has 6 rings (SSSR count). The van der Waals surface area contributed by atoms with Gasteiger partial charge in [-0.1, -0.05) is 42.0 Å². The summed E-state index contributed by atoms with van der Waals surface area (Å²) in [6.45, 7) is 4.44. The third-order valence-electron chi connectivity index (χ3n) is 7.37. The number of likely N-dealkylation sites (tertiary alicyclic amines) is 1. The zero-order valence-corrected chi connectivity index (χ0v) is 17.6. The SMILES string of the molecule is Cc1ccc(CCN2C[C@]34C=C[C@H](O3)C(C(=O)N3CCc5[nH]ncc5C3)C4C2=O)cc1. The Morgan fingerprint density at radius 2 is 2.16 bits per heavy atom. The number of fused-ring (bicyclic) bond motifs is 2. The average molecular weight is 418 g/mol. The van der Waals surface area contributed by atoms with Gasteiger partial charge in [-0.05, 0) is 18.9 Å². The van der Waals surface area contributed by atoms with Crippen LogP contribution in [0.15, 0.2) is 42.6 Å². The summed E-state index contributed by atoms with van der Waals surface area (Å²) in [5, 5.41) is 7.11. The van der Waals surface area contributed by atoms with E-state index >= 15 is 0 Å². The second-order valence-electron chi connectivity index (χ2n) is 9.28. The van der Waals surface area contributed by atoms with E-state index in [9.17, 15) is 9.59 Å². The number of hydrogen-bond acceptors (Lipinski definition) is 4. The maximum atomic E-state index is 13.5. The zero-order chi connectivity index (χ0) is 21.2. The number of H-pyrrole nitrogens is 1. The molecule has 0 radical (unpaired) electrons. The molecule has 160 valence electrons. The van der Waals surface area contributed by atoms with E-state index in [1.807, 2.05) is 22.0 Å². The Balaban J connectivity index is 1.20. The molecule has 7 nitrogen and oxygen atoms in total. The number of carbonyl (C=O) groups excluding carboxylic acids is 2. The third kappa shape index (κ3) is 2.86. The molecule has 2 aromatic rings. The van der Waals surface area contributed by atoms with Crippen LogP contribution in [0, 0.1) is 18.8 Å². The van der Waals surface area contributed by atoms with Gasteiger partial charge >= 0.3 is 0 Å². The van der Waals surface area contributed by atoms with E-state index in [0.717, 1.165) is 24.1 Å². The fraction of sp³-hybridized carbons (Fsp3) is 0.458. The highest BCUT2D eigenvalue weighted by molar-refractivity contribution is 5.93. The molecule has 2 fully saturated rings. The zero-order valence-electron chi connectivity index (χ0n) is 17.6. The summed E-state index contributed by atoms with van der Waals surface area (Å²) >= 11 is 0. The fourth-order valence-corrected chi connectivity index (χ4v) is 5.69. The molecule has 2 unspecified atom stereocenters. The Labute approximate surface area is 181 Å². The second-order valence-corrected chi connectivity index (χ2v) is 9.28. The highest BCUT2D eigenvalue weighted by Crippen LogP contribution is 2.52. The van der Waals surface area contributed by atoms with E-state index in [2.05, 4.69) is 41.4 Å². The number of ether oxygens (including phenoxy) is 1. The minimum absolute atomic E-state index is 0.0295. The highest BCUT2D eigenvalue weighted by Gasteiger charge is 2.67. The van der Waals surface area contributed by atoms with E-state index in [0.29, 0.717) is 26.2 Å². The molecule has 2 bridgehead atoms. The van der Waals surface area contributed by atoms with Gasteiger partial charge in [0.2, 0.25) is 11.8 Å². The van der Waals surface area contributed by atoms with Crippen molar-refractivity contribution in [1.29, 1.82) is 0 Å². The second kappa shape index (κ2) is 6.79. The lowest BCUT2D eigenvalue weighted by Gasteiger charge is -2.32. The molecule has 4 aliphatic heterocycles. The van der Waals surface area contributed by atoms with Gasteiger partial charge in [0.15, 0.2) is 0 Å². The molecule has 4 atom stereocenters. The predicted molar refractivity (Wildman–Crippen MR) is 113 cm³/mol. The van der Waals surface area contributed by atoms with Crippen LogP contribution in [0.2, 0.25) is 0 Å². The molecular weight excluding hydrogens is 392 g/mol. The van der Waals surface area contributed by atoms with Gasteiger partial charge in [0.25, 0.3) is 0 Å². The first-order chi connectivity index (χ1) is 15.0. The molecule has 31 heavy (non-hydrogen) atoms. The number of aryl methyl sites for hydroxylation is 1. The van der Waals surface area contributed by atoms with Crippen LogP contribution in [-0.2, 0) is 33.7 Å². The number of aromatic amines is 1. The van der Waals surface area contributed by atoms with Crippen molar-refractivity contribution in [2.45, 2.75) is 38.0 Å². The summed E-state index contributed by atoms with van der Waals surface area (Å²) in [7, 11) is 0. The van der Waals surface area contributed by atoms with E-state index in [1.165, 1.54) is 11.1 Å². The molecule has 1 spiro atoms. The van der Waals surface area contributed by atoms with Crippen molar-refractivity contribution in [3.05, 3.63) is 65.0 Å². The summed E-state index contributed by atoms with van der Waals surface area (Å²) in [5.41, 5.74) is 3.96. The Morgan fingerprint density at radius 3 is 3.00 bits per heavy atom. The number of amides is 2. The normalized spacial score (nSPS) is 30.7. The molecule has 1 aromatic heterocycles. The standard InChI is InChI=1S/C24H26N4O3/c1-15-2-4-16(5-3-15)7-10-28-14-24-9-6-19(31-24)20(21(24)23(28)30)22(29)27-11-8-18-17(13-27)12-25-26-18/h2-6,9,12,19-21H,7-8,10-11,13-14H2,1H3,(H,25,26)/t19-,20?,21?,24-/m0/s1. The number of aromatic nitrogens is 2. The van der Waals surface area contributed by atoms with Crippen LogP contribution in [0.1, 0.15) is 22.4 Å². The topological polar surface area (TPSA) is 78.5 Å². The Bertz CT molecular complexity index is 1070. The summed E-state index contributed by atoms with van der Waals surface area (Å²) in [5.74, 6) is -0.769. The average Bonchev–Trinajstić information content (AvgIpc) is 3.53. The van der Waals surface area contributed by atoms with Crippen molar-refractivity contribution in [2.75, 3.05) is 19.6 Å². The maximum absolute atomic E-state index is 13.5. The quantitative estimate of drug-likeness (QED) is 0.766. The lowest BCUT2D eigenvalue weighted by Crippen LogP contribution is -2.47. The molecular formula is C24H26N4O3. The van der Waals surface area contributed by atoms with Gasteiger partial charge in [0.1, 0.15) is 5.60 Å². The first kappa shape index (κ1) is 18.8. The summed E-state index contributed by atoms with van der Waals surface area (Å²) in [6, 6.07) is 8.43. The minimum Gasteiger partial charge on any atom is -0.360 e. The smallest absolute Gasteiger partial charge is 0.230 e. The molecule has 2 saturated heterocycles. The Kier molecular flexibility index (Phi) is 4.12. The van der Waals surface area contributed by atoms with Gasteiger partial charge in [-0.15, -0.1) is 0 Å². The van der Waals surface area contributed by atoms with Crippen molar-refractivity contribution in [3.63, 3.8) is 0 Å². The minimum atomic E-state index is -0.647. The third-order valence-corrected chi connectivity index (χ3v) is 7.37. The van der Waals surface area contributed by atoms with Gasteiger partial charge < -0.3 is 14.5 Å². The van der Waals surface area contributed by atoms with Gasteiger partial charge in [-0.2, -0.15) is 5.10 Å². The van der Waals surface area contributed by atoms with Crippen molar-refractivity contribution in [3.8, 4) is 0 Å². The van der Waals surface area contributed by atoms with Gasteiger partial charge in [0.05, 0.1) is 30.7 Å². The fourth-order valence-electron chi connectivity index (χ4n) is 5.69. The van der Waals surface area contributed by atoms with Gasteiger partial charge in [0, 0.05) is 37.3 Å². The summed E-state index contributed by atoms with van der Waals surface area (Å²) < 4.78 is 6.29.